The lowest BCUT2D eigenvalue weighted by atomic mass is 10.0. The van der Waals surface area contributed by atoms with Crippen LogP contribution in [0.25, 0.3) is 0 Å². The molecule has 2 atom stereocenters. The summed E-state index contributed by atoms with van der Waals surface area (Å²) in [4.78, 5) is 24.3. The largest absolute Gasteiger partial charge is 0.467 e. The molecule has 24 heavy (non-hydrogen) atoms. The molecule has 1 unspecified atom stereocenters. The zero-order valence-corrected chi connectivity index (χ0v) is 14.6. The van der Waals surface area contributed by atoms with Gasteiger partial charge in [-0.25, -0.2) is 13.2 Å². The second-order valence-electron chi connectivity index (χ2n) is 6.24. The molecule has 1 fully saturated rings. The quantitative estimate of drug-likeness (QED) is 0.681. The number of hydrogen-bond donors (Lipinski definition) is 3. The average Bonchev–Trinajstić information content (AvgIpc) is 3.11. The molecule has 0 bridgehead atoms. The molecule has 0 aliphatic carbocycles. The van der Waals surface area contributed by atoms with Crippen LogP contribution in [-0.4, -0.2) is 43.9 Å². The number of carbonyl (C=O) groups excluding carboxylic acids is 2. The second kappa shape index (κ2) is 7.69. The highest BCUT2D eigenvalue weighted by molar-refractivity contribution is 7.91. The van der Waals surface area contributed by atoms with Crippen LogP contribution in [0.15, 0.2) is 22.8 Å². The molecule has 3 N–H and O–H groups in total. The van der Waals surface area contributed by atoms with E-state index in [0.29, 0.717) is 12.2 Å². The van der Waals surface area contributed by atoms with E-state index in [9.17, 15) is 18.0 Å². The summed E-state index contributed by atoms with van der Waals surface area (Å²) in [5.41, 5.74) is 0. The van der Waals surface area contributed by atoms with Gasteiger partial charge in [0, 0.05) is 6.04 Å². The van der Waals surface area contributed by atoms with Crippen LogP contribution in [0.4, 0.5) is 4.79 Å². The number of carbonyl (C=O) groups is 2. The van der Waals surface area contributed by atoms with Gasteiger partial charge in [-0.3, -0.25) is 4.79 Å². The molecular formula is C15H23N3O5S. The van der Waals surface area contributed by atoms with Gasteiger partial charge in [0.15, 0.2) is 9.84 Å². The van der Waals surface area contributed by atoms with Crippen molar-refractivity contribution >= 4 is 21.8 Å². The van der Waals surface area contributed by atoms with E-state index in [4.69, 9.17) is 4.42 Å². The number of urea groups is 1. The van der Waals surface area contributed by atoms with Crippen molar-refractivity contribution in [1.29, 1.82) is 0 Å². The Hall–Kier alpha value is -2.03. The number of nitrogens with one attached hydrogen (secondary N) is 3. The first-order valence-corrected chi connectivity index (χ1v) is 9.66. The van der Waals surface area contributed by atoms with E-state index in [0.717, 1.165) is 0 Å². The summed E-state index contributed by atoms with van der Waals surface area (Å²) in [5, 5.41) is 7.94. The summed E-state index contributed by atoms with van der Waals surface area (Å²) >= 11 is 0. The van der Waals surface area contributed by atoms with Crippen molar-refractivity contribution in [3.8, 4) is 0 Å². The first kappa shape index (κ1) is 18.3. The summed E-state index contributed by atoms with van der Waals surface area (Å²) in [7, 11) is -3.07. The lowest BCUT2D eigenvalue weighted by Gasteiger charge is -2.22. The highest BCUT2D eigenvalue weighted by Gasteiger charge is 2.30. The Balaban J connectivity index is 1.85. The van der Waals surface area contributed by atoms with E-state index in [1.807, 2.05) is 13.8 Å². The molecule has 1 aromatic rings. The molecule has 134 valence electrons. The number of sulfone groups is 1. The van der Waals surface area contributed by atoms with Gasteiger partial charge in [0.1, 0.15) is 11.8 Å². The van der Waals surface area contributed by atoms with Gasteiger partial charge in [0.25, 0.3) is 0 Å². The van der Waals surface area contributed by atoms with Gasteiger partial charge < -0.3 is 20.4 Å². The Bertz CT molecular complexity index is 669. The lowest BCUT2D eigenvalue weighted by Crippen LogP contribution is -2.54. The van der Waals surface area contributed by atoms with E-state index in [-0.39, 0.29) is 29.9 Å². The maximum atomic E-state index is 12.3. The zero-order valence-electron chi connectivity index (χ0n) is 13.7. The molecule has 1 aliphatic heterocycles. The minimum Gasteiger partial charge on any atom is -0.467 e. The molecule has 0 spiro atoms. The van der Waals surface area contributed by atoms with Gasteiger partial charge in [-0.2, -0.15) is 0 Å². The van der Waals surface area contributed by atoms with Gasteiger partial charge in [0.05, 0.1) is 24.3 Å². The number of furan rings is 1. The van der Waals surface area contributed by atoms with Crippen LogP contribution in [0.5, 0.6) is 0 Å². The fourth-order valence-electron chi connectivity index (χ4n) is 2.51. The van der Waals surface area contributed by atoms with Crippen molar-refractivity contribution in [2.75, 3.05) is 11.5 Å². The molecule has 1 saturated heterocycles. The van der Waals surface area contributed by atoms with Crippen molar-refractivity contribution < 1.29 is 22.4 Å². The standard InChI is InChI=1S/C15H23N3O5S/c1-10(2)13(14(19)16-8-12-4-3-6-23-12)18-15(20)17-11-5-7-24(21,22)9-11/h3-4,6,10-11,13H,5,7-9H2,1-2H3,(H,16,19)(H2,17,18,20)/t11?,13-/m0/s1. The van der Waals surface area contributed by atoms with Crippen LogP contribution in [0.3, 0.4) is 0 Å². The van der Waals surface area contributed by atoms with Crippen LogP contribution in [-0.2, 0) is 21.2 Å². The Morgan fingerprint density at radius 2 is 2.12 bits per heavy atom. The normalized spacial score (nSPS) is 20.5. The van der Waals surface area contributed by atoms with Gasteiger partial charge in [-0.05, 0) is 24.5 Å². The van der Waals surface area contributed by atoms with Crippen LogP contribution < -0.4 is 16.0 Å². The van der Waals surface area contributed by atoms with Crippen molar-refractivity contribution in [1.82, 2.24) is 16.0 Å². The molecule has 2 rings (SSSR count). The Morgan fingerprint density at radius 1 is 1.38 bits per heavy atom. The predicted molar refractivity (Wildman–Crippen MR) is 87.9 cm³/mol. The van der Waals surface area contributed by atoms with E-state index in [2.05, 4.69) is 16.0 Å². The first-order chi connectivity index (χ1) is 11.3. The second-order valence-corrected chi connectivity index (χ2v) is 8.47. The monoisotopic (exact) mass is 357 g/mol. The Kier molecular flexibility index (Phi) is 5.87. The summed E-state index contributed by atoms with van der Waals surface area (Å²) in [6.07, 6.45) is 1.91. The first-order valence-electron chi connectivity index (χ1n) is 7.84. The molecule has 9 heteroatoms. The lowest BCUT2D eigenvalue weighted by molar-refractivity contribution is -0.124. The zero-order chi connectivity index (χ0) is 17.7. The van der Waals surface area contributed by atoms with E-state index >= 15 is 0 Å². The van der Waals surface area contributed by atoms with Crippen molar-refractivity contribution in [2.45, 2.75) is 38.9 Å². The fourth-order valence-corrected chi connectivity index (χ4v) is 4.18. The third kappa shape index (κ3) is 5.26. The van der Waals surface area contributed by atoms with Crippen LogP contribution >= 0.6 is 0 Å². The fraction of sp³-hybridized carbons (Fsp3) is 0.600. The van der Waals surface area contributed by atoms with Crippen LogP contribution in [0.2, 0.25) is 0 Å². The van der Waals surface area contributed by atoms with Crippen molar-refractivity contribution in [3.63, 3.8) is 0 Å². The Labute approximate surface area is 141 Å². The van der Waals surface area contributed by atoms with E-state index < -0.39 is 28.0 Å². The molecule has 0 saturated carbocycles. The van der Waals surface area contributed by atoms with E-state index in [1.54, 1.807) is 12.1 Å². The molecule has 1 aromatic heterocycles. The predicted octanol–water partition coefficient (Wildman–Crippen LogP) is 0.407. The van der Waals surface area contributed by atoms with Gasteiger partial charge in [-0.15, -0.1) is 0 Å². The average molecular weight is 357 g/mol. The molecule has 0 radical (unpaired) electrons. The number of amides is 3. The highest BCUT2D eigenvalue weighted by atomic mass is 32.2. The minimum absolute atomic E-state index is 0.0581. The SMILES string of the molecule is CC(C)[C@H](NC(=O)NC1CCS(=O)(=O)C1)C(=O)NCc1ccco1. The molecule has 3 amide bonds. The summed E-state index contributed by atoms with van der Waals surface area (Å²) < 4.78 is 28.0. The maximum Gasteiger partial charge on any atom is 0.315 e. The topological polar surface area (TPSA) is 118 Å². The van der Waals surface area contributed by atoms with Crippen molar-refractivity contribution in [2.24, 2.45) is 5.92 Å². The van der Waals surface area contributed by atoms with Gasteiger partial charge in [-0.1, -0.05) is 13.8 Å². The smallest absolute Gasteiger partial charge is 0.315 e. The highest BCUT2D eigenvalue weighted by Crippen LogP contribution is 2.11. The molecule has 2 heterocycles. The maximum absolute atomic E-state index is 12.3. The summed E-state index contributed by atoms with van der Waals surface area (Å²) in [5.74, 6) is 0.189. The summed E-state index contributed by atoms with van der Waals surface area (Å²) in [6, 6.07) is 1.80. The van der Waals surface area contributed by atoms with Gasteiger partial charge in [0.2, 0.25) is 5.91 Å². The molecule has 1 aliphatic rings. The van der Waals surface area contributed by atoms with E-state index in [1.165, 1.54) is 6.26 Å². The third-order valence-corrected chi connectivity index (χ3v) is 5.59. The minimum atomic E-state index is -3.07. The number of hydrogen-bond acceptors (Lipinski definition) is 5. The third-order valence-electron chi connectivity index (χ3n) is 3.82. The molecular weight excluding hydrogens is 334 g/mol. The van der Waals surface area contributed by atoms with Crippen molar-refractivity contribution in [3.05, 3.63) is 24.2 Å². The van der Waals surface area contributed by atoms with Crippen LogP contribution in [0.1, 0.15) is 26.0 Å². The molecule has 0 aromatic carbocycles. The van der Waals surface area contributed by atoms with Gasteiger partial charge >= 0.3 is 6.03 Å². The Morgan fingerprint density at radius 3 is 2.67 bits per heavy atom. The molecule has 8 nitrogen and oxygen atoms in total. The van der Waals surface area contributed by atoms with Crippen LogP contribution in [0, 0.1) is 5.92 Å². The summed E-state index contributed by atoms with van der Waals surface area (Å²) in [6.45, 7) is 3.87. The number of rotatable bonds is 6.